The molecule has 5 heteroatoms. The Morgan fingerprint density at radius 2 is 2.27 bits per heavy atom. The lowest BCUT2D eigenvalue weighted by Crippen LogP contribution is -2.27. The molecule has 0 saturated carbocycles. The lowest BCUT2D eigenvalue weighted by atomic mass is 10.3. The molecule has 0 aromatic carbocycles. The van der Waals surface area contributed by atoms with E-state index in [4.69, 9.17) is 22.1 Å². The number of anilines is 2. The van der Waals surface area contributed by atoms with E-state index >= 15 is 0 Å². The Morgan fingerprint density at radius 1 is 1.53 bits per heavy atom. The molecule has 0 radical (unpaired) electrons. The predicted molar refractivity (Wildman–Crippen MR) is 63.4 cm³/mol. The number of likely N-dealkylation sites (N-methyl/N-ethyl adjacent to an activating group) is 1. The van der Waals surface area contributed by atoms with E-state index in [1.54, 1.807) is 13.2 Å². The highest BCUT2D eigenvalue weighted by atomic mass is 35.5. The minimum absolute atomic E-state index is 0.417. The number of halogens is 1. The van der Waals surface area contributed by atoms with Gasteiger partial charge in [0, 0.05) is 32.0 Å². The standard InChI is InChI=1S/C10H16ClN3O/c1-3-14(4-5-15-2)10-7-8(12)6-9(11)13-10/h6-7H,3-5H2,1-2H3,(H2,12,13). The number of aromatic nitrogens is 1. The molecule has 0 bridgehead atoms. The van der Waals surface area contributed by atoms with Crippen LogP contribution in [-0.4, -0.2) is 31.8 Å². The zero-order valence-electron chi connectivity index (χ0n) is 9.03. The van der Waals surface area contributed by atoms with Gasteiger partial charge >= 0.3 is 0 Å². The van der Waals surface area contributed by atoms with Gasteiger partial charge in [-0.2, -0.15) is 0 Å². The summed E-state index contributed by atoms with van der Waals surface area (Å²) in [6.07, 6.45) is 0. The van der Waals surface area contributed by atoms with Crippen molar-refractivity contribution in [3.8, 4) is 0 Å². The molecule has 2 N–H and O–H groups in total. The van der Waals surface area contributed by atoms with Gasteiger partial charge in [-0.1, -0.05) is 11.6 Å². The van der Waals surface area contributed by atoms with Crippen LogP contribution >= 0.6 is 11.6 Å². The van der Waals surface area contributed by atoms with Crippen LogP contribution < -0.4 is 10.6 Å². The Balaban J connectivity index is 2.81. The summed E-state index contributed by atoms with van der Waals surface area (Å²) in [5.74, 6) is 0.791. The number of nitrogens with zero attached hydrogens (tertiary/aromatic N) is 2. The first-order valence-electron chi connectivity index (χ1n) is 4.84. The molecule has 15 heavy (non-hydrogen) atoms. The Bertz CT molecular complexity index is 299. The van der Waals surface area contributed by atoms with Crippen molar-refractivity contribution in [2.24, 2.45) is 0 Å². The van der Waals surface area contributed by atoms with E-state index in [2.05, 4.69) is 16.8 Å². The van der Waals surface area contributed by atoms with Gasteiger partial charge < -0.3 is 15.4 Å². The van der Waals surface area contributed by atoms with Crippen molar-refractivity contribution < 1.29 is 4.74 Å². The summed E-state index contributed by atoms with van der Waals surface area (Å²) in [4.78, 5) is 6.28. The van der Waals surface area contributed by atoms with Crippen LogP contribution in [0.4, 0.5) is 11.5 Å². The molecule has 1 rings (SSSR count). The normalized spacial score (nSPS) is 10.3. The van der Waals surface area contributed by atoms with Gasteiger partial charge in [-0.05, 0) is 13.0 Å². The summed E-state index contributed by atoms with van der Waals surface area (Å²) in [7, 11) is 1.67. The number of nitrogen functional groups attached to an aromatic ring is 1. The van der Waals surface area contributed by atoms with Crippen molar-refractivity contribution in [2.45, 2.75) is 6.92 Å². The fourth-order valence-corrected chi connectivity index (χ4v) is 1.51. The summed E-state index contributed by atoms with van der Waals surface area (Å²) in [5.41, 5.74) is 6.32. The van der Waals surface area contributed by atoms with Crippen LogP contribution in [0.5, 0.6) is 0 Å². The Hall–Kier alpha value is -1.00. The van der Waals surface area contributed by atoms with Gasteiger partial charge in [-0.15, -0.1) is 0 Å². The monoisotopic (exact) mass is 229 g/mol. The van der Waals surface area contributed by atoms with Gasteiger partial charge in [-0.3, -0.25) is 0 Å². The van der Waals surface area contributed by atoms with Crippen LogP contribution in [0.25, 0.3) is 0 Å². The van der Waals surface area contributed by atoms with Crippen LogP contribution in [0.2, 0.25) is 5.15 Å². The lowest BCUT2D eigenvalue weighted by Gasteiger charge is -2.21. The molecule has 0 fully saturated rings. The van der Waals surface area contributed by atoms with Gasteiger partial charge in [0.25, 0.3) is 0 Å². The summed E-state index contributed by atoms with van der Waals surface area (Å²) in [5, 5.41) is 0.417. The molecule has 0 unspecified atom stereocenters. The number of nitrogens with two attached hydrogens (primary N) is 1. The molecule has 0 amide bonds. The van der Waals surface area contributed by atoms with E-state index in [1.165, 1.54) is 0 Å². The SMILES string of the molecule is CCN(CCOC)c1cc(N)cc(Cl)n1. The van der Waals surface area contributed by atoms with Crippen molar-refractivity contribution >= 4 is 23.1 Å². The maximum Gasteiger partial charge on any atom is 0.133 e. The molecule has 1 aromatic heterocycles. The van der Waals surface area contributed by atoms with E-state index in [0.717, 1.165) is 18.9 Å². The zero-order valence-corrected chi connectivity index (χ0v) is 9.79. The number of ether oxygens (including phenoxy) is 1. The highest BCUT2D eigenvalue weighted by molar-refractivity contribution is 6.29. The molecule has 1 aromatic rings. The quantitative estimate of drug-likeness (QED) is 0.783. The van der Waals surface area contributed by atoms with E-state index in [-0.39, 0.29) is 0 Å². The number of hydrogen-bond donors (Lipinski definition) is 1. The molecule has 0 atom stereocenters. The maximum atomic E-state index is 5.84. The molecule has 1 heterocycles. The predicted octanol–water partition coefficient (Wildman–Crippen LogP) is 1.79. The van der Waals surface area contributed by atoms with Crippen LogP contribution in [0.1, 0.15) is 6.92 Å². The van der Waals surface area contributed by atoms with E-state index in [9.17, 15) is 0 Å². The average Bonchev–Trinajstić information content (AvgIpc) is 2.17. The Morgan fingerprint density at radius 3 is 2.80 bits per heavy atom. The fourth-order valence-electron chi connectivity index (χ4n) is 1.30. The van der Waals surface area contributed by atoms with Gasteiger partial charge in [0.05, 0.1) is 6.61 Å². The van der Waals surface area contributed by atoms with Crippen molar-refractivity contribution in [3.63, 3.8) is 0 Å². The second-order valence-electron chi connectivity index (χ2n) is 3.15. The second-order valence-corrected chi connectivity index (χ2v) is 3.54. The smallest absolute Gasteiger partial charge is 0.133 e. The first-order valence-corrected chi connectivity index (χ1v) is 5.22. The highest BCUT2D eigenvalue weighted by Gasteiger charge is 2.07. The molecule has 0 saturated heterocycles. The molecule has 0 aliphatic rings. The van der Waals surface area contributed by atoms with E-state index in [0.29, 0.717) is 17.4 Å². The Labute approximate surface area is 95.0 Å². The fraction of sp³-hybridized carbons (Fsp3) is 0.500. The molecular weight excluding hydrogens is 214 g/mol. The van der Waals surface area contributed by atoms with Crippen LogP contribution in [0.15, 0.2) is 12.1 Å². The Kier molecular flexibility index (Phi) is 4.65. The summed E-state index contributed by atoms with van der Waals surface area (Å²) >= 11 is 5.84. The summed E-state index contributed by atoms with van der Waals surface area (Å²) < 4.78 is 5.02. The third kappa shape index (κ3) is 3.57. The third-order valence-corrected chi connectivity index (χ3v) is 2.27. The highest BCUT2D eigenvalue weighted by Crippen LogP contribution is 2.19. The molecular formula is C10H16ClN3O. The maximum absolute atomic E-state index is 5.84. The second kappa shape index (κ2) is 5.78. The third-order valence-electron chi connectivity index (χ3n) is 2.07. The van der Waals surface area contributed by atoms with Crippen LogP contribution in [0, 0.1) is 0 Å². The number of pyridine rings is 1. The first-order chi connectivity index (χ1) is 7.17. The van der Waals surface area contributed by atoms with Crippen molar-refractivity contribution in [2.75, 3.05) is 37.4 Å². The largest absolute Gasteiger partial charge is 0.399 e. The van der Waals surface area contributed by atoms with Crippen molar-refractivity contribution in [3.05, 3.63) is 17.3 Å². The zero-order chi connectivity index (χ0) is 11.3. The number of hydrogen-bond acceptors (Lipinski definition) is 4. The van der Waals surface area contributed by atoms with Gasteiger partial charge in [0.2, 0.25) is 0 Å². The average molecular weight is 230 g/mol. The topological polar surface area (TPSA) is 51.4 Å². The molecule has 0 spiro atoms. The molecule has 0 aliphatic heterocycles. The van der Waals surface area contributed by atoms with Crippen LogP contribution in [-0.2, 0) is 4.74 Å². The van der Waals surface area contributed by atoms with Gasteiger partial charge in [0.15, 0.2) is 0 Å². The summed E-state index contributed by atoms with van der Waals surface area (Å²) in [6, 6.07) is 3.44. The van der Waals surface area contributed by atoms with Crippen LogP contribution in [0.3, 0.4) is 0 Å². The first kappa shape index (κ1) is 12.1. The lowest BCUT2D eigenvalue weighted by molar-refractivity contribution is 0.205. The van der Waals surface area contributed by atoms with Gasteiger partial charge in [-0.25, -0.2) is 4.98 Å². The number of rotatable bonds is 5. The van der Waals surface area contributed by atoms with Gasteiger partial charge in [0.1, 0.15) is 11.0 Å². The summed E-state index contributed by atoms with van der Waals surface area (Å²) in [6.45, 7) is 4.33. The molecule has 84 valence electrons. The van der Waals surface area contributed by atoms with E-state index < -0.39 is 0 Å². The van der Waals surface area contributed by atoms with Crippen molar-refractivity contribution in [1.82, 2.24) is 4.98 Å². The minimum Gasteiger partial charge on any atom is -0.399 e. The van der Waals surface area contributed by atoms with E-state index in [1.807, 2.05) is 6.07 Å². The molecule has 0 aliphatic carbocycles. The molecule has 4 nitrogen and oxygen atoms in total. The van der Waals surface area contributed by atoms with Crippen molar-refractivity contribution in [1.29, 1.82) is 0 Å². The number of methoxy groups -OCH3 is 1. The minimum atomic E-state index is 0.417.